The third-order valence-corrected chi connectivity index (χ3v) is 4.94. The van der Waals surface area contributed by atoms with E-state index in [0.29, 0.717) is 12.1 Å². The Morgan fingerprint density at radius 3 is 2.63 bits per heavy atom. The van der Waals surface area contributed by atoms with E-state index in [0.717, 1.165) is 19.0 Å². The molecule has 1 aliphatic heterocycles. The second-order valence-electron chi connectivity index (χ2n) is 6.32. The van der Waals surface area contributed by atoms with Gasteiger partial charge in [0.25, 0.3) is 0 Å². The topological polar surface area (TPSA) is 24.5 Å². The molecule has 1 aliphatic carbocycles. The van der Waals surface area contributed by atoms with Crippen molar-refractivity contribution in [3.63, 3.8) is 0 Å². The molecule has 0 aromatic heterocycles. The summed E-state index contributed by atoms with van der Waals surface area (Å²) < 4.78 is 5.55. The maximum Gasteiger partial charge on any atom is 0.0698 e. The van der Waals surface area contributed by atoms with Crippen LogP contribution in [-0.2, 0) is 4.74 Å². The van der Waals surface area contributed by atoms with E-state index in [9.17, 15) is 0 Å². The maximum absolute atomic E-state index is 5.55. The summed E-state index contributed by atoms with van der Waals surface area (Å²) in [5.74, 6) is 0.900. The summed E-state index contributed by atoms with van der Waals surface area (Å²) in [6.45, 7) is 6.95. The summed E-state index contributed by atoms with van der Waals surface area (Å²) >= 11 is 0. The Hall–Kier alpha value is -0.120. The average molecular weight is 268 g/mol. The Bertz CT molecular complexity index is 241. The number of likely N-dealkylation sites (N-methyl/N-ethyl adjacent to an activating group) is 1. The van der Waals surface area contributed by atoms with Gasteiger partial charge in [-0.15, -0.1) is 0 Å². The van der Waals surface area contributed by atoms with Gasteiger partial charge in [0.1, 0.15) is 0 Å². The molecule has 0 radical (unpaired) electrons. The highest BCUT2D eigenvalue weighted by atomic mass is 16.5. The molecule has 1 saturated heterocycles. The predicted molar refractivity (Wildman–Crippen MR) is 80.5 cm³/mol. The highest BCUT2D eigenvalue weighted by Gasteiger charge is 2.27. The van der Waals surface area contributed by atoms with Gasteiger partial charge in [-0.25, -0.2) is 0 Å². The SMILES string of the molecule is CCNC(CN1CCCC(OC)C1)C1CCCCC1. The lowest BCUT2D eigenvalue weighted by atomic mass is 9.83. The molecule has 1 heterocycles. The standard InChI is InChI=1S/C16H32N2O/c1-3-17-16(14-8-5-4-6-9-14)13-18-11-7-10-15(12-18)19-2/h14-17H,3-13H2,1-2H3. The third-order valence-electron chi connectivity index (χ3n) is 4.94. The number of nitrogens with one attached hydrogen (secondary N) is 1. The number of piperidine rings is 1. The van der Waals surface area contributed by atoms with Crippen molar-refractivity contribution < 1.29 is 4.74 Å². The number of hydrogen-bond acceptors (Lipinski definition) is 3. The zero-order chi connectivity index (χ0) is 13.5. The van der Waals surface area contributed by atoms with Crippen molar-refractivity contribution in [1.82, 2.24) is 10.2 Å². The van der Waals surface area contributed by atoms with Crippen molar-refractivity contribution >= 4 is 0 Å². The first-order valence-electron chi connectivity index (χ1n) is 8.32. The lowest BCUT2D eigenvalue weighted by Crippen LogP contribution is -2.49. The van der Waals surface area contributed by atoms with Gasteiger partial charge in [-0.1, -0.05) is 26.2 Å². The van der Waals surface area contributed by atoms with E-state index in [-0.39, 0.29) is 0 Å². The van der Waals surface area contributed by atoms with E-state index in [4.69, 9.17) is 4.74 Å². The van der Waals surface area contributed by atoms with E-state index < -0.39 is 0 Å². The van der Waals surface area contributed by atoms with Crippen LogP contribution in [0.3, 0.4) is 0 Å². The van der Waals surface area contributed by atoms with Gasteiger partial charge in [-0.05, 0) is 44.7 Å². The zero-order valence-electron chi connectivity index (χ0n) is 12.9. The van der Waals surface area contributed by atoms with Crippen molar-refractivity contribution in [1.29, 1.82) is 0 Å². The molecule has 2 atom stereocenters. The number of ether oxygens (including phenoxy) is 1. The summed E-state index contributed by atoms with van der Waals surface area (Å²) in [4.78, 5) is 2.62. The van der Waals surface area contributed by atoms with Gasteiger partial charge in [0.05, 0.1) is 6.10 Å². The monoisotopic (exact) mass is 268 g/mol. The lowest BCUT2D eigenvalue weighted by molar-refractivity contribution is 0.0244. The minimum absolute atomic E-state index is 0.461. The summed E-state index contributed by atoms with van der Waals surface area (Å²) in [6, 6.07) is 0.695. The smallest absolute Gasteiger partial charge is 0.0698 e. The summed E-state index contributed by atoms with van der Waals surface area (Å²) in [6.07, 6.45) is 10.2. The van der Waals surface area contributed by atoms with Crippen LogP contribution in [0.15, 0.2) is 0 Å². The van der Waals surface area contributed by atoms with Gasteiger partial charge < -0.3 is 10.1 Å². The fourth-order valence-corrected chi connectivity index (χ4v) is 3.83. The lowest BCUT2D eigenvalue weighted by Gasteiger charge is -2.38. The van der Waals surface area contributed by atoms with E-state index in [1.807, 2.05) is 7.11 Å². The van der Waals surface area contributed by atoms with Crippen LogP contribution in [0.1, 0.15) is 51.9 Å². The van der Waals surface area contributed by atoms with Crippen LogP contribution in [0.4, 0.5) is 0 Å². The minimum atomic E-state index is 0.461. The Kier molecular flexibility index (Phi) is 6.62. The van der Waals surface area contributed by atoms with Crippen LogP contribution >= 0.6 is 0 Å². The van der Waals surface area contributed by atoms with Crippen LogP contribution in [-0.4, -0.2) is 50.3 Å². The van der Waals surface area contributed by atoms with E-state index in [2.05, 4.69) is 17.1 Å². The molecule has 3 heteroatoms. The first-order valence-corrected chi connectivity index (χ1v) is 8.32. The molecule has 112 valence electrons. The molecule has 0 bridgehead atoms. The van der Waals surface area contributed by atoms with E-state index >= 15 is 0 Å². The van der Waals surface area contributed by atoms with Gasteiger partial charge in [0.2, 0.25) is 0 Å². The fraction of sp³-hybridized carbons (Fsp3) is 1.00. The van der Waals surface area contributed by atoms with Crippen molar-refractivity contribution in [3.8, 4) is 0 Å². The molecule has 2 aliphatic rings. The van der Waals surface area contributed by atoms with Crippen LogP contribution in [0.5, 0.6) is 0 Å². The molecule has 19 heavy (non-hydrogen) atoms. The van der Waals surface area contributed by atoms with Crippen molar-refractivity contribution in [2.75, 3.05) is 33.3 Å². The molecule has 2 rings (SSSR count). The minimum Gasteiger partial charge on any atom is -0.380 e. The van der Waals surface area contributed by atoms with Gasteiger partial charge in [0, 0.05) is 26.2 Å². The Balaban J connectivity index is 1.84. The van der Waals surface area contributed by atoms with E-state index in [1.54, 1.807) is 0 Å². The summed E-state index contributed by atoms with van der Waals surface area (Å²) in [7, 11) is 1.86. The van der Waals surface area contributed by atoms with Crippen LogP contribution in [0, 0.1) is 5.92 Å². The average Bonchev–Trinajstić information content (AvgIpc) is 2.48. The van der Waals surface area contributed by atoms with Crippen molar-refractivity contribution in [2.24, 2.45) is 5.92 Å². The quantitative estimate of drug-likeness (QED) is 0.801. The van der Waals surface area contributed by atoms with Crippen LogP contribution < -0.4 is 5.32 Å². The first kappa shape index (κ1) is 15.3. The second kappa shape index (κ2) is 8.23. The van der Waals surface area contributed by atoms with Crippen LogP contribution in [0.2, 0.25) is 0 Å². The highest BCUT2D eigenvalue weighted by Crippen LogP contribution is 2.27. The Labute approximate surface area is 119 Å². The highest BCUT2D eigenvalue weighted by molar-refractivity contribution is 4.84. The van der Waals surface area contributed by atoms with Crippen LogP contribution in [0.25, 0.3) is 0 Å². The molecular formula is C16H32N2O. The second-order valence-corrected chi connectivity index (χ2v) is 6.32. The molecule has 2 unspecified atom stereocenters. The Morgan fingerprint density at radius 1 is 1.16 bits per heavy atom. The fourth-order valence-electron chi connectivity index (χ4n) is 3.83. The molecule has 1 saturated carbocycles. The van der Waals surface area contributed by atoms with Gasteiger partial charge in [-0.3, -0.25) is 4.90 Å². The molecule has 3 nitrogen and oxygen atoms in total. The van der Waals surface area contributed by atoms with Gasteiger partial charge in [-0.2, -0.15) is 0 Å². The van der Waals surface area contributed by atoms with Crippen molar-refractivity contribution in [2.45, 2.75) is 64.0 Å². The molecule has 1 N–H and O–H groups in total. The molecule has 2 fully saturated rings. The number of rotatable bonds is 6. The first-order chi connectivity index (χ1) is 9.33. The molecule has 0 amide bonds. The maximum atomic E-state index is 5.55. The van der Waals surface area contributed by atoms with E-state index in [1.165, 1.54) is 58.0 Å². The largest absolute Gasteiger partial charge is 0.380 e. The third kappa shape index (κ3) is 4.73. The number of nitrogens with zero attached hydrogens (tertiary/aromatic N) is 1. The predicted octanol–water partition coefficient (Wildman–Crippen LogP) is 2.66. The summed E-state index contributed by atoms with van der Waals surface area (Å²) in [5.41, 5.74) is 0. The zero-order valence-corrected chi connectivity index (χ0v) is 12.9. The normalized spacial score (nSPS) is 28.4. The number of hydrogen-bond donors (Lipinski definition) is 1. The van der Waals surface area contributed by atoms with Gasteiger partial charge >= 0.3 is 0 Å². The molecule has 0 spiro atoms. The number of methoxy groups -OCH3 is 1. The Morgan fingerprint density at radius 2 is 1.95 bits per heavy atom. The molecule has 0 aromatic carbocycles. The summed E-state index contributed by atoms with van der Waals surface area (Å²) in [5, 5.41) is 3.75. The molecule has 0 aromatic rings. The van der Waals surface area contributed by atoms with Crippen molar-refractivity contribution in [3.05, 3.63) is 0 Å². The molecular weight excluding hydrogens is 236 g/mol. The number of likely N-dealkylation sites (tertiary alicyclic amines) is 1. The van der Waals surface area contributed by atoms with Gasteiger partial charge in [0.15, 0.2) is 0 Å².